The smallest absolute Gasteiger partial charge is 0.480 e. The third-order valence-corrected chi connectivity index (χ3v) is 2.41. The van der Waals surface area contributed by atoms with Gasteiger partial charge in [-0.3, -0.25) is 4.79 Å². The van der Waals surface area contributed by atoms with E-state index < -0.39 is 20.3 Å². The van der Waals surface area contributed by atoms with Crippen LogP contribution in [-0.4, -0.2) is 30.3 Å². The molecular formula is C9H21NO5P+. The lowest BCUT2D eigenvalue weighted by atomic mass is 10.1. The quantitative estimate of drug-likeness (QED) is 0.701. The highest BCUT2D eigenvalue weighted by Gasteiger charge is 2.16. The number of hydrogen-bond acceptors (Lipinski definition) is 5. The predicted molar refractivity (Wildman–Crippen MR) is 61.3 cm³/mol. The molecule has 0 spiro atoms. The molecule has 7 heteroatoms. The molecule has 0 amide bonds. The van der Waals surface area contributed by atoms with Crippen molar-refractivity contribution in [3.05, 3.63) is 0 Å². The molecule has 0 aromatic carbocycles. The summed E-state index contributed by atoms with van der Waals surface area (Å²) in [5, 5.41) is 8.23. The SMILES string of the molecule is CC(C)[C@H](N)C(=O)O.CCO[P+](=O)OCC. The Bertz CT molecular complexity index is 200. The molecule has 0 aromatic heterocycles. The molecule has 0 aromatic rings. The lowest BCUT2D eigenvalue weighted by Gasteiger charge is -2.07. The van der Waals surface area contributed by atoms with Crippen LogP contribution in [-0.2, 0) is 18.4 Å². The summed E-state index contributed by atoms with van der Waals surface area (Å²) in [5.41, 5.74) is 5.16. The molecule has 6 nitrogen and oxygen atoms in total. The molecule has 0 fully saturated rings. The largest absolute Gasteiger partial charge is 0.697 e. The Morgan fingerprint density at radius 3 is 1.81 bits per heavy atom. The first-order chi connectivity index (χ1) is 7.36. The lowest BCUT2D eigenvalue weighted by Crippen LogP contribution is -2.34. The molecule has 3 N–H and O–H groups in total. The van der Waals surface area contributed by atoms with Crippen LogP contribution in [0.5, 0.6) is 0 Å². The van der Waals surface area contributed by atoms with Crippen LogP contribution in [0.4, 0.5) is 0 Å². The Kier molecular flexibility index (Phi) is 12.2. The summed E-state index contributed by atoms with van der Waals surface area (Å²) in [6.07, 6.45) is 0. The molecule has 0 heterocycles. The van der Waals surface area contributed by atoms with Crippen LogP contribution in [0.15, 0.2) is 0 Å². The van der Waals surface area contributed by atoms with E-state index in [1.54, 1.807) is 27.7 Å². The predicted octanol–water partition coefficient (Wildman–Crippen LogP) is 1.77. The summed E-state index contributed by atoms with van der Waals surface area (Å²) in [4.78, 5) is 10.0. The summed E-state index contributed by atoms with van der Waals surface area (Å²) in [6.45, 7) is 7.97. The summed E-state index contributed by atoms with van der Waals surface area (Å²) >= 11 is 0. The molecule has 0 rings (SSSR count). The first-order valence-electron chi connectivity index (χ1n) is 5.08. The van der Waals surface area contributed by atoms with Gasteiger partial charge in [-0.05, 0) is 19.8 Å². The Balaban J connectivity index is 0. The highest BCUT2D eigenvalue weighted by atomic mass is 31.1. The number of nitrogens with two attached hydrogens (primary N) is 1. The van der Waals surface area contributed by atoms with E-state index in [2.05, 4.69) is 9.05 Å². The second-order valence-electron chi connectivity index (χ2n) is 3.17. The van der Waals surface area contributed by atoms with Gasteiger partial charge in [0.1, 0.15) is 19.3 Å². The standard InChI is InChI=1S/C5H11NO2.C4H10O3P/c1-3(2)4(6)5(7)8;1-3-6-8(5)7-4-2/h3-4H,6H2,1-2H3,(H,7,8);3-4H2,1-2H3/q;+1/t4-;/m0./s1. The van der Waals surface area contributed by atoms with E-state index in [-0.39, 0.29) is 5.92 Å². The number of carboxylic acid groups (broad SMARTS) is 1. The fourth-order valence-corrected chi connectivity index (χ4v) is 1.03. The highest BCUT2D eigenvalue weighted by molar-refractivity contribution is 7.33. The van der Waals surface area contributed by atoms with E-state index in [4.69, 9.17) is 10.8 Å². The van der Waals surface area contributed by atoms with Crippen LogP contribution in [0.3, 0.4) is 0 Å². The van der Waals surface area contributed by atoms with Gasteiger partial charge in [0.05, 0.1) is 0 Å². The maximum absolute atomic E-state index is 10.3. The molecule has 0 radical (unpaired) electrons. The van der Waals surface area contributed by atoms with Crippen LogP contribution in [0.25, 0.3) is 0 Å². The minimum atomic E-state index is -1.83. The topological polar surface area (TPSA) is 98.9 Å². The third kappa shape index (κ3) is 11.5. The Morgan fingerprint density at radius 2 is 1.69 bits per heavy atom. The molecule has 1 atom stereocenters. The van der Waals surface area contributed by atoms with E-state index in [1.807, 2.05) is 0 Å². The van der Waals surface area contributed by atoms with Gasteiger partial charge in [-0.25, -0.2) is 0 Å². The normalized spacial score (nSPS) is 11.6. The summed E-state index contributed by atoms with van der Waals surface area (Å²) in [5.74, 6) is -0.910. The summed E-state index contributed by atoms with van der Waals surface area (Å²) < 4.78 is 19.5. The molecule has 96 valence electrons. The number of rotatable bonds is 6. The first-order valence-corrected chi connectivity index (χ1v) is 6.17. The second kappa shape index (κ2) is 11.0. The Labute approximate surface area is 97.1 Å². The minimum absolute atomic E-state index is 0.0208. The van der Waals surface area contributed by atoms with Crippen LogP contribution >= 0.6 is 8.25 Å². The average molecular weight is 254 g/mol. The number of carboxylic acids is 1. The zero-order valence-electron chi connectivity index (χ0n) is 10.2. The molecule has 0 bridgehead atoms. The zero-order chi connectivity index (χ0) is 13.1. The minimum Gasteiger partial charge on any atom is -0.480 e. The molecule has 0 saturated carbocycles. The fourth-order valence-electron chi connectivity index (χ4n) is 0.533. The van der Waals surface area contributed by atoms with Crippen molar-refractivity contribution in [2.75, 3.05) is 13.2 Å². The summed E-state index contributed by atoms with van der Waals surface area (Å²) in [6, 6.07) is -0.713. The van der Waals surface area contributed by atoms with Crippen LogP contribution in [0.1, 0.15) is 27.7 Å². The molecule has 0 unspecified atom stereocenters. The zero-order valence-corrected chi connectivity index (χ0v) is 11.1. The van der Waals surface area contributed by atoms with E-state index in [0.717, 1.165) is 0 Å². The van der Waals surface area contributed by atoms with Crippen molar-refractivity contribution < 1.29 is 23.5 Å². The number of hydrogen-bond donors (Lipinski definition) is 2. The van der Waals surface area contributed by atoms with E-state index in [1.165, 1.54) is 0 Å². The molecular weight excluding hydrogens is 233 g/mol. The van der Waals surface area contributed by atoms with E-state index in [0.29, 0.717) is 13.2 Å². The molecule has 16 heavy (non-hydrogen) atoms. The molecule has 0 aliphatic rings. The van der Waals surface area contributed by atoms with E-state index >= 15 is 0 Å². The van der Waals surface area contributed by atoms with Crippen molar-refractivity contribution in [1.82, 2.24) is 0 Å². The van der Waals surface area contributed by atoms with Crippen LogP contribution in [0.2, 0.25) is 0 Å². The molecule has 0 aliphatic heterocycles. The van der Waals surface area contributed by atoms with E-state index in [9.17, 15) is 9.36 Å². The van der Waals surface area contributed by atoms with Gasteiger partial charge in [0, 0.05) is 4.57 Å². The van der Waals surface area contributed by atoms with Gasteiger partial charge < -0.3 is 10.8 Å². The maximum atomic E-state index is 10.3. The fraction of sp³-hybridized carbons (Fsp3) is 0.889. The van der Waals surface area contributed by atoms with Crippen LogP contribution < -0.4 is 5.73 Å². The first kappa shape index (κ1) is 17.8. The van der Waals surface area contributed by atoms with Crippen molar-refractivity contribution in [3.63, 3.8) is 0 Å². The number of aliphatic carboxylic acids is 1. The summed E-state index contributed by atoms with van der Waals surface area (Å²) in [7, 11) is -1.83. The van der Waals surface area contributed by atoms with Gasteiger partial charge in [-0.15, -0.1) is 9.05 Å². The lowest BCUT2D eigenvalue weighted by molar-refractivity contribution is -0.139. The van der Waals surface area contributed by atoms with Gasteiger partial charge in [0.25, 0.3) is 0 Å². The van der Waals surface area contributed by atoms with Crippen molar-refractivity contribution in [3.8, 4) is 0 Å². The Morgan fingerprint density at radius 1 is 1.31 bits per heavy atom. The average Bonchev–Trinajstić information content (AvgIpc) is 2.18. The molecule has 0 aliphatic carbocycles. The van der Waals surface area contributed by atoms with Crippen molar-refractivity contribution >= 4 is 14.2 Å². The Hall–Kier alpha value is -0.550. The van der Waals surface area contributed by atoms with Gasteiger partial charge in [0.2, 0.25) is 0 Å². The van der Waals surface area contributed by atoms with Gasteiger partial charge in [0.15, 0.2) is 0 Å². The van der Waals surface area contributed by atoms with Gasteiger partial charge in [-0.2, -0.15) is 0 Å². The maximum Gasteiger partial charge on any atom is 0.697 e. The van der Waals surface area contributed by atoms with Crippen molar-refractivity contribution in [2.45, 2.75) is 33.7 Å². The van der Waals surface area contributed by atoms with Gasteiger partial charge >= 0.3 is 14.2 Å². The van der Waals surface area contributed by atoms with Crippen LogP contribution in [0, 0.1) is 5.92 Å². The highest BCUT2D eigenvalue weighted by Crippen LogP contribution is 2.21. The monoisotopic (exact) mass is 254 g/mol. The van der Waals surface area contributed by atoms with Crippen molar-refractivity contribution in [2.24, 2.45) is 11.7 Å². The van der Waals surface area contributed by atoms with Crippen molar-refractivity contribution in [1.29, 1.82) is 0 Å². The second-order valence-corrected chi connectivity index (χ2v) is 4.13. The molecule has 0 saturated heterocycles. The number of carbonyl (C=O) groups is 1. The third-order valence-electron chi connectivity index (χ3n) is 1.47. The van der Waals surface area contributed by atoms with Gasteiger partial charge in [-0.1, -0.05) is 13.8 Å².